The van der Waals surface area contributed by atoms with Gasteiger partial charge < -0.3 is 9.29 Å². The van der Waals surface area contributed by atoms with Gasteiger partial charge in [-0.1, -0.05) is 59.6 Å². The summed E-state index contributed by atoms with van der Waals surface area (Å²) in [5.74, 6) is -7.16. The number of hydrogen-bond acceptors (Lipinski definition) is 9. The van der Waals surface area contributed by atoms with Gasteiger partial charge in [-0.2, -0.15) is 17.2 Å². The van der Waals surface area contributed by atoms with E-state index in [-0.39, 0.29) is 11.6 Å². The molecule has 34 heavy (non-hydrogen) atoms. The first-order valence-corrected chi connectivity index (χ1v) is 12.0. The Bertz CT molecular complexity index is 1070. The molecule has 0 amide bonds. The summed E-state index contributed by atoms with van der Waals surface area (Å²) >= 11 is 11.9. The quantitative estimate of drug-likeness (QED) is 0.175. The second-order valence-corrected chi connectivity index (χ2v) is 9.16. The van der Waals surface area contributed by atoms with Crippen LogP contribution in [0.3, 0.4) is 0 Å². The summed E-state index contributed by atoms with van der Waals surface area (Å²) in [6.45, 7) is -1.55. The highest BCUT2D eigenvalue weighted by molar-refractivity contribution is 7.86. The van der Waals surface area contributed by atoms with E-state index in [2.05, 4.69) is 9.07 Å². The van der Waals surface area contributed by atoms with Gasteiger partial charge >= 0.3 is 22.0 Å². The number of hydrogen-bond donors (Lipinski definition) is 1. The van der Waals surface area contributed by atoms with E-state index in [4.69, 9.17) is 37.9 Å². The molecule has 0 fully saturated rings. The van der Waals surface area contributed by atoms with Gasteiger partial charge in [-0.15, -0.1) is 0 Å². The summed E-state index contributed by atoms with van der Waals surface area (Å²) in [6.07, 6.45) is -4.58. The molecule has 0 aliphatic heterocycles. The minimum Gasteiger partial charge on any atom is -0.387 e. The Balaban J connectivity index is 2.05. The molecule has 188 valence electrons. The monoisotopic (exact) mass is 544 g/mol. The standard InChI is InChI=1S/C20H20Cl2F2O9S/c1-34(27,28)33-19(26)20(23,24)18(32-31-11-14-7-3-5-9-16(14)22)17(25)12-30-29-10-13-6-2-4-8-15(13)21/h2-9,17-18,25H,10-12H2,1H3/t17-,18+/m0/s1. The highest BCUT2D eigenvalue weighted by atomic mass is 35.5. The van der Waals surface area contributed by atoms with Crippen LogP contribution in [0.4, 0.5) is 8.78 Å². The van der Waals surface area contributed by atoms with Crippen LogP contribution in [-0.4, -0.2) is 50.5 Å². The van der Waals surface area contributed by atoms with Gasteiger partial charge in [-0.25, -0.2) is 24.3 Å². The molecular formula is C20H20Cl2F2O9S. The smallest absolute Gasteiger partial charge is 0.387 e. The highest BCUT2D eigenvalue weighted by Gasteiger charge is 2.55. The van der Waals surface area contributed by atoms with Gasteiger partial charge in [0.05, 0.1) is 6.26 Å². The van der Waals surface area contributed by atoms with Crippen molar-refractivity contribution < 1.29 is 50.8 Å². The number of benzene rings is 2. The molecule has 0 aliphatic rings. The lowest BCUT2D eigenvalue weighted by Gasteiger charge is -2.27. The number of carbonyl (C=O) groups excluding carboxylic acids is 1. The molecule has 0 saturated carbocycles. The first-order valence-electron chi connectivity index (χ1n) is 9.41. The molecule has 2 rings (SSSR count). The maximum atomic E-state index is 14.7. The number of alkyl halides is 2. The van der Waals surface area contributed by atoms with Crippen molar-refractivity contribution in [3.63, 3.8) is 0 Å². The second-order valence-electron chi connectivity index (χ2n) is 6.77. The van der Waals surface area contributed by atoms with Gasteiger partial charge in [-0.05, 0) is 23.3 Å². The van der Waals surface area contributed by atoms with Crippen LogP contribution >= 0.6 is 23.2 Å². The van der Waals surface area contributed by atoms with Crippen LogP contribution in [0.1, 0.15) is 11.1 Å². The average molecular weight is 545 g/mol. The summed E-state index contributed by atoms with van der Waals surface area (Å²) < 4.78 is 55.3. The summed E-state index contributed by atoms with van der Waals surface area (Å²) in [6, 6.07) is 12.8. The van der Waals surface area contributed by atoms with Gasteiger partial charge in [0.15, 0.2) is 6.10 Å². The van der Waals surface area contributed by atoms with Gasteiger partial charge in [-0.3, -0.25) is 0 Å². The van der Waals surface area contributed by atoms with Gasteiger partial charge in [0.1, 0.15) is 25.9 Å². The predicted octanol–water partition coefficient (Wildman–Crippen LogP) is 3.46. The van der Waals surface area contributed by atoms with Crippen LogP contribution < -0.4 is 0 Å². The molecule has 0 heterocycles. The Kier molecular flexibility index (Phi) is 10.6. The van der Waals surface area contributed by atoms with E-state index in [0.29, 0.717) is 22.4 Å². The summed E-state index contributed by atoms with van der Waals surface area (Å²) in [4.78, 5) is 30.7. The molecule has 2 aromatic rings. The van der Waals surface area contributed by atoms with E-state index in [1.807, 2.05) is 0 Å². The molecule has 0 aromatic heterocycles. The van der Waals surface area contributed by atoms with Crippen molar-refractivity contribution in [1.29, 1.82) is 0 Å². The lowest BCUT2D eigenvalue weighted by atomic mass is 10.1. The van der Waals surface area contributed by atoms with Crippen LogP contribution in [0, 0.1) is 0 Å². The summed E-state index contributed by atoms with van der Waals surface area (Å²) in [5.41, 5.74) is 0.857. The fourth-order valence-electron chi connectivity index (χ4n) is 2.39. The molecule has 2 aromatic carbocycles. The van der Waals surface area contributed by atoms with Crippen molar-refractivity contribution in [2.45, 2.75) is 31.3 Å². The molecule has 9 nitrogen and oxygen atoms in total. The lowest BCUT2D eigenvalue weighted by molar-refractivity contribution is -0.388. The molecule has 0 spiro atoms. The van der Waals surface area contributed by atoms with Crippen molar-refractivity contribution in [2.24, 2.45) is 0 Å². The van der Waals surface area contributed by atoms with E-state index in [1.54, 1.807) is 36.4 Å². The number of carbonyl (C=O) groups is 1. The highest BCUT2D eigenvalue weighted by Crippen LogP contribution is 2.28. The Morgan fingerprint density at radius 2 is 1.47 bits per heavy atom. The minimum atomic E-state index is -4.67. The maximum absolute atomic E-state index is 14.7. The molecule has 0 saturated heterocycles. The number of rotatable bonds is 13. The van der Waals surface area contributed by atoms with Gasteiger partial charge in [0.25, 0.3) is 0 Å². The number of aliphatic hydroxyl groups is 1. The van der Waals surface area contributed by atoms with E-state index >= 15 is 0 Å². The zero-order valence-corrected chi connectivity index (χ0v) is 19.9. The van der Waals surface area contributed by atoms with Gasteiger partial charge in [0, 0.05) is 10.0 Å². The largest absolute Gasteiger partial charge is 0.395 e. The molecule has 0 aliphatic carbocycles. The number of aliphatic hydroxyl groups excluding tert-OH is 1. The Labute approximate surface area is 204 Å². The van der Waals surface area contributed by atoms with Crippen molar-refractivity contribution in [2.75, 3.05) is 12.9 Å². The molecule has 0 bridgehead atoms. The Morgan fingerprint density at radius 3 is 1.97 bits per heavy atom. The maximum Gasteiger partial charge on any atom is 0.395 e. The predicted molar refractivity (Wildman–Crippen MR) is 115 cm³/mol. The van der Waals surface area contributed by atoms with Crippen LogP contribution in [0.2, 0.25) is 10.0 Å². The third kappa shape index (κ3) is 8.71. The summed E-state index contributed by atoms with van der Waals surface area (Å²) in [5, 5.41) is 10.8. The SMILES string of the molecule is CS(=O)(=O)OC(=O)C(F)(F)[C@H](OOCc1ccccc1Cl)[C@@H](O)COOCc1ccccc1Cl. The van der Waals surface area contributed by atoms with Crippen LogP contribution in [0.5, 0.6) is 0 Å². The molecular weight excluding hydrogens is 525 g/mol. The Morgan fingerprint density at radius 1 is 0.971 bits per heavy atom. The first-order chi connectivity index (χ1) is 15.9. The average Bonchev–Trinajstić information content (AvgIpc) is 2.75. The Hall–Kier alpha value is -1.90. The normalized spacial score (nSPS) is 13.9. The van der Waals surface area contributed by atoms with E-state index < -0.39 is 47.4 Å². The second kappa shape index (κ2) is 12.7. The molecule has 0 radical (unpaired) electrons. The zero-order chi connectivity index (χ0) is 25.4. The topological polar surface area (TPSA) is 118 Å². The van der Waals surface area contributed by atoms with E-state index in [0.717, 1.165) is 0 Å². The third-order valence-electron chi connectivity index (χ3n) is 4.04. The van der Waals surface area contributed by atoms with Gasteiger partial charge in [0.2, 0.25) is 0 Å². The number of halogens is 4. The van der Waals surface area contributed by atoms with Crippen LogP contribution in [-0.2, 0) is 51.9 Å². The summed E-state index contributed by atoms with van der Waals surface area (Å²) in [7, 11) is -4.58. The minimum absolute atomic E-state index is 0.187. The van der Waals surface area contributed by atoms with E-state index in [9.17, 15) is 27.1 Å². The van der Waals surface area contributed by atoms with Crippen molar-refractivity contribution in [3.05, 3.63) is 69.7 Å². The zero-order valence-electron chi connectivity index (χ0n) is 17.5. The van der Waals surface area contributed by atoms with Crippen molar-refractivity contribution in [3.8, 4) is 0 Å². The fourth-order valence-corrected chi connectivity index (χ4v) is 3.15. The third-order valence-corrected chi connectivity index (χ3v) is 5.24. The first kappa shape index (κ1) is 28.3. The van der Waals surface area contributed by atoms with Crippen LogP contribution in [0.15, 0.2) is 48.5 Å². The van der Waals surface area contributed by atoms with E-state index in [1.165, 1.54) is 12.1 Å². The molecule has 1 N–H and O–H groups in total. The lowest BCUT2D eigenvalue weighted by Crippen LogP contribution is -2.52. The molecule has 0 unspecified atom stereocenters. The van der Waals surface area contributed by atoms with Crippen LogP contribution in [0.25, 0.3) is 0 Å². The van der Waals surface area contributed by atoms with Crippen molar-refractivity contribution >= 4 is 39.3 Å². The molecule has 14 heteroatoms. The molecule has 2 atom stereocenters. The van der Waals surface area contributed by atoms with Crippen molar-refractivity contribution in [1.82, 2.24) is 0 Å². The fraction of sp³-hybridized carbons (Fsp3) is 0.350.